The predicted octanol–water partition coefficient (Wildman–Crippen LogP) is 6.08. The van der Waals surface area contributed by atoms with Crippen LogP contribution in [-0.4, -0.2) is 63.0 Å². The van der Waals surface area contributed by atoms with E-state index >= 15 is 4.39 Å². The third-order valence-corrected chi connectivity index (χ3v) is 8.26. The molecule has 1 fully saturated rings. The van der Waals surface area contributed by atoms with Gasteiger partial charge in [-0.3, -0.25) is 19.9 Å². The number of fused-ring (bicyclic) bond motifs is 1. The maximum atomic E-state index is 15.0. The van der Waals surface area contributed by atoms with Crippen LogP contribution in [0.15, 0.2) is 42.5 Å². The predicted molar refractivity (Wildman–Crippen MR) is 158 cm³/mol. The Kier molecular flexibility index (Phi) is 8.11. The smallest absolute Gasteiger partial charge is 0.407 e. The average Bonchev–Trinajstić information content (AvgIpc) is 2.97. The molecule has 3 heterocycles. The van der Waals surface area contributed by atoms with Gasteiger partial charge in [-0.2, -0.15) is 0 Å². The van der Waals surface area contributed by atoms with Crippen LogP contribution in [0.4, 0.5) is 20.6 Å². The van der Waals surface area contributed by atoms with E-state index in [0.717, 1.165) is 33.4 Å². The van der Waals surface area contributed by atoms with E-state index in [4.69, 9.17) is 5.11 Å². The van der Waals surface area contributed by atoms with Gasteiger partial charge in [0.2, 0.25) is 5.91 Å². The molecule has 0 saturated carbocycles. The van der Waals surface area contributed by atoms with Crippen molar-refractivity contribution < 1.29 is 24.0 Å². The van der Waals surface area contributed by atoms with E-state index in [2.05, 4.69) is 16.4 Å². The van der Waals surface area contributed by atoms with Crippen molar-refractivity contribution >= 4 is 39.9 Å². The summed E-state index contributed by atoms with van der Waals surface area (Å²) in [6.07, 6.45) is 2.90. The number of carbonyl (C=O) groups is 2. The van der Waals surface area contributed by atoms with Crippen molar-refractivity contribution in [1.29, 1.82) is 0 Å². The minimum atomic E-state index is -0.939. The van der Waals surface area contributed by atoms with Crippen LogP contribution in [0.25, 0.3) is 16.5 Å². The molecule has 2 aliphatic rings. The molecule has 2 aromatic carbocycles. The number of non-ortho nitro benzene ring substituents is 1. The fourth-order valence-corrected chi connectivity index (χ4v) is 5.89. The molecule has 5 rings (SSSR count). The van der Waals surface area contributed by atoms with Crippen LogP contribution < -0.4 is 5.32 Å². The number of pyridine rings is 1. The number of aryl methyl sites for hydroxylation is 2. The zero-order valence-corrected chi connectivity index (χ0v) is 23.9. The summed E-state index contributed by atoms with van der Waals surface area (Å²) in [6.45, 7) is 7.01. The third kappa shape index (κ3) is 5.90. The van der Waals surface area contributed by atoms with Crippen molar-refractivity contribution in [2.45, 2.75) is 46.1 Å². The maximum absolute atomic E-state index is 15.0. The molecule has 11 heteroatoms. The highest BCUT2D eigenvalue weighted by molar-refractivity contribution is 5.94. The fourth-order valence-electron chi connectivity index (χ4n) is 5.89. The van der Waals surface area contributed by atoms with Crippen LogP contribution in [0.1, 0.15) is 54.6 Å². The Balaban J connectivity index is 1.35. The number of nitro groups is 1. The fraction of sp³-hybridized carbons (Fsp3) is 0.387. The molecule has 220 valence electrons. The minimum Gasteiger partial charge on any atom is -0.465 e. The van der Waals surface area contributed by atoms with Crippen molar-refractivity contribution in [2.75, 3.05) is 31.5 Å². The Morgan fingerprint density at radius 2 is 1.86 bits per heavy atom. The number of carbonyl (C=O) groups excluding carboxylic acids is 1. The van der Waals surface area contributed by atoms with Gasteiger partial charge in [-0.05, 0) is 74.9 Å². The summed E-state index contributed by atoms with van der Waals surface area (Å²) >= 11 is 0. The van der Waals surface area contributed by atoms with E-state index in [0.29, 0.717) is 45.4 Å². The second-order valence-electron chi connectivity index (χ2n) is 11.1. The van der Waals surface area contributed by atoms with E-state index in [1.807, 2.05) is 36.1 Å². The highest BCUT2D eigenvalue weighted by Gasteiger charge is 2.31. The first kappa shape index (κ1) is 29.0. The Bertz CT molecular complexity index is 1600. The molecule has 1 saturated heterocycles. The van der Waals surface area contributed by atoms with E-state index in [1.54, 1.807) is 6.92 Å². The van der Waals surface area contributed by atoms with Crippen LogP contribution in [0, 0.1) is 35.7 Å². The number of rotatable bonds is 6. The third-order valence-electron chi connectivity index (χ3n) is 8.26. The molecular weight excluding hydrogens is 541 g/mol. The second kappa shape index (κ2) is 11.8. The maximum Gasteiger partial charge on any atom is 0.407 e. The van der Waals surface area contributed by atoms with Crippen molar-refractivity contribution in [2.24, 2.45) is 5.92 Å². The first-order valence-electron chi connectivity index (χ1n) is 14.1. The van der Waals surface area contributed by atoms with Gasteiger partial charge in [-0.15, -0.1) is 0 Å². The molecule has 1 atom stereocenters. The summed E-state index contributed by atoms with van der Waals surface area (Å²) in [6, 6.07) is 9.84. The molecule has 2 N–H and O–H groups in total. The van der Waals surface area contributed by atoms with Crippen LogP contribution in [-0.2, 0) is 4.79 Å². The summed E-state index contributed by atoms with van der Waals surface area (Å²) in [5, 5.41) is 24.8. The number of benzene rings is 2. The SMILES string of the molecule is Cc1cc(NC(C)c2cc([N+](=O)[O-])cc(C)c2F)c2cc(C3=CCN(C(=O)C4CCN(C(=O)O)CC4)CC3)ccc2n1. The number of nitrogens with one attached hydrogen (secondary N) is 1. The Hall–Kier alpha value is -4.54. The second-order valence-corrected chi connectivity index (χ2v) is 11.1. The molecule has 2 aliphatic heterocycles. The number of amides is 2. The molecule has 0 spiro atoms. The minimum absolute atomic E-state index is 0.0811. The molecule has 2 amide bonds. The van der Waals surface area contributed by atoms with Gasteiger partial charge in [-0.25, -0.2) is 9.18 Å². The molecule has 42 heavy (non-hydrogen) atoms. The lowest BCUT2D eigenvalue weighted by molar-refractivity contribution is -0.385. The van der Waals surface area contributed by atoms with Gasteiger partial charge < -0.3 is 20.2 Å². The summed E-state index contributed by atoms with van der Waals surface area (Å²) in [5.41, 5.74) is 4.69. The van der Waals surface area contributed by atoms with Gasteiger partial charge in [-0.1, -0.05) is 12.1 Å². The summed E-state index contributed by atoms with van der Waals surface area (Å²) in [4.78, 5) is 43.0. The summed E-state index contributed by atoms with van der Waals surface area (Å²) in [7, 11) is 0. The number of anilines is 1. The van der Waals surface area contributed by atoms with E-state index in [9.17, 15) is 19.7 Å². The topological polar surface area (TPSA) is 129 Å². The zero-order chi connectivity index (χ0) is 30.1. The largest absolute Gasteiger partial charge is 0.465 e. The van der Waals surface area contributed by atoms with Crippen molar-refractivity contribution in [3.63, 3.8) is 0 Å². The van der Waals surface area contributed by atoms with Crippen LogP contribution >= 0.6 is 0 Å². The standard InChI is InChI=1S/C31H34FN5O5/c1-18-14-24(37(41)42)17-25(29(18)32)20(3)34-28-15-19(2)33-27-5-4-23(16-26(27)28)21-6-10-35(11-7-21)30(38)22-8-12-36(13-9-22)31(39)40/h4-6,14-17,20,22H,7-13H2,1-3H3,(H,33,34)(H,39,40). The summed E-state index contributed by atoms with van der Waals surface area (Å²) < 4.78 is 15.0. The van der Waals surface area contributed by atoms with Crippen molar-refractivity contribution in [3.8, 4) is 0 Å². The molecule has 3 aromatic rings. The van der Waals surface area contributed by atoms with E-state index in [1.165, 1.54) is 24.0 Å². The molecule has 10 nitrogen and oxygen atoms in total. The van der Waals surface area contributed by atoms with Crippen LogP contribution in [0.3, 0.4) is 0 Å². The van der Waals surface area contributed by atoms with Gasteiger partial charge in [0.1, 0.15) is 5.82 Å². The number of aromatic nitrogens is 1. The number of nitro benzene ring substituents is 1. The van der Waals surface area contributed by atoms with E-state index < -0.39 is 22.9 Å². The highest BCUT2D eigenvalue weighted by atomic mass is 19.1. The van der Waals surface area contributed by atoms with Crippen LogP contribution in [0.5, 0.6) is 0 Å². The molecule has 0 radical (unpaired) electrons. The Morgan fingerprint density at radius 1 is 1.12 bits per heavy atom. The van der Waals surface area contributed by atoms with Crippen molar-refractivity contribution in [3.05, 3.63) is 80.8 Å². The van der Waals surface area contributed by atoms with Crippen LogP contribution in [0.2, 0.25) is 0 Å². The number of halogens is 1. The lowest BCUT2D eigenvalue weighted by Crippen LogP contribution is -2.45. The number of nitrogens with zero attached hydrogens (tertiary/aromatic N) is 4. The molecule has 0 bridgehead atoms. The average molecular weight is 576 g/mol. The lowest BCUT2D eigenvalue weighted by atomic mass is 9.93. The number of piperidine rings is 1. The zero-order valence-electron chi connectivity index (χ0n) is 23.9. The van der Waals surface area contributed by atoms with Crippen molar-refractivity contribution in [1.82, 2.24) is 14.8 Å². The number of hydrogen-bond acceptors (Lipinski definition) is 6. The Labute approximate surface area is 243 Å². The number of carboxylic acid groups (broad SMARTS) is 1. The first-order chi connectivity index (χ1) is 20.0. The molecule has 1 aromatic heterocycles. The van der Waals surface area contributed by atoms with Gasteiger partial charge in [0.15, 0.2) is 0 Å². The highest BCUT2D eigenvalue weighted by Crippen LogP contribution is 2.34. The van der Waals surface area contributed by atoms with Gasteiger partial charge in [0.25, 0.3) is 5.69 Å². The molecule has 0 aliphatic carbocycles. The monoisotopic (exact) mass is 575 g/mol. The quantitative estimate of drug-likeness (QED) is 0.269. The Morgan fingerprint density at radius 3 is 2.50 bits per heavy atom. The number of hydrogen-bond donors (Lipinski definition) is 2. The van der Waals surface area contributed by atoms with Gasteiger partial charge in [0.05, 0.1) is 16.5 Å². The summed E-state index contributed by atoms with van der Waals surface area (Å²) in [5.74, 6) is -0.547. The normalized spacial score (nSPS) is 16.7. The van der Waals surface area contributed by atoms with Gasteiger partial charge in [0, 0.05) is 66.6 Å². The first-order valence-corrected chi connectivity index (χ1v) is 14.1. The number of likely N-dealkylation sites (tertiary alicyclic amines) is 1. The van der Waals surface area contributed by atoms with Gasteiger partial charge >= 0.3 is 6.09 Å². The molecule has 1 unspecified atom stereocenters. The molecular formula is C31H34FN5O5. The van der Waals surface area contributed by atoms with E-state index in [-0.39, 0.29) is 28.6 Å². The lowest BCUT2D eigenvalue weighted by Gasteiger charge is -2.34.